The van der Waals surface area contributed by atoms with Gasteiger partial charge in [0.15, 0.2) is 0 Å². The van der Waals surface area contributed by atoms with E-state index in [4.69, 9.17) is 0 Å². The van der Waals surface area contributed by atoms with Crippen LogP contribution in [0.5, 0.6) is 0 Å². The van der Waals surface area contributed by atoms with E-state index in [2.05, 4.69) is 49.1 Å². The molecule has 1 atom stereocenters. The average molecular weight is 468 g/mol. The van der Waals surface area contributed by atoms with Crippen LogP contribution in [0.15, 0.2) is 48.5 Å². The predicted molar refractivity (Wildman–Crippen MR) is 138 cm³/mol. The third-order valence-electron chi connectivity index (χ3n) is 8.39. The molecule has 0 bridgehead atoms. The second-order valence-corrected chi connectivity index (χ2v) is 10.7. The number of hydrogen-bond donors (Lipinski definition) is 0. The number of hydrogen-bond acceptors (Lipinski definition) is 1. The molecule has 0 aliphatic heterocycles. The lowest BCUT2D eigenvalue weighted by molar-refractivity contribution is 0.157. The van der Waals surface area contributed by atoms with Crippen molar-refractivity contribution >= 4 is 0 Å². The maximum absolute atomic E-state index is 16.1. The van der Waals surface area contributed by atoms with Gasteiger partial charge < -0.3 is 0 Å². The van der Waals surface area contributed by atoms with Gasteiger partial charge in [0.25, 0.3) is 0 Å². The molecular formula is C31H43F2N. The lowest BCUT2D eigenvalue weighted by atomic mass is 9.80. The highest BCUT2D eigenvalue weighted by molar-refractivity contribution is 5.43. The van der Waals surface area contributed by atoms with E-state index in [9.17, 15) is 0 Å². The molecule has 2 saturated carbocycles. The summed E-state index contributed by atoms with van der Waals surface area (Å²) in [6, 6.07) is 16.9. The summed E-state index contributed by atoms with van der Waals surface area (Å²) in [5.74, 6) is 0. The van der Waals surface area contributed by atoms with Crippen LogP contribution in [0.4, 0.5) is 8.78 Å². The Hall–Kier alpha value is -1.74. The van der Waals surface area contributed by atoms with Gasteiger partial charge in [-0.2, -0.15) is 0 Å². The minimum absolute atomic E-state index is 0.402. The molecule has 4 rings (SSSR count). The molecule has 3 heteroatoms. The molecular weight excluding hydrogens is 424 g/mol. The first kappa shape index (κ1) is 25.4. The molecule has 0 spiro atoms. The molecule has 0 amide bonds. The van der Waals surface area contributed by atoms with E-state index >= 15 is 8.78 Å². The fourth-order valence-electron chi connectivity index (χ4n) is 6.56. The minimum Gasteiger partial charge on any atom is -0.296 e. The van der Waals surface area contributed by atoms with E-state index in [0.29, 0.717) is 31.7 Å². The van der Waals surface area contributed by atoms with Gasteiger partial charge in [-0.25, -0.2) is 8.78 Å². The Morgan fingerprint density at radius 1 is 0.794 bits per heavy atom. The smallest absolute Gasteiger partial charge is 0.136 e. The zero-order valence-corrected chi connectivity index (χ0v) is 21.3. The summed E-state index contributed by atoms with van der Waals surface area (Å²) < 4.78 is 32.3. The van der Waals surface area contributed by atoms with Crippen LogP contribution in [-0.2, 0) is 24.3 Å². The van der Waals surface area contributed by atoms with E-state index in [0.717, 1.165) is 81.1 Å². The number of alkyl halides is 2. The summed E-state index contributed by atoms with van der Waals surface area (Å²) >= 11 is 0. The molecule has 1 nitrogen and oxygen atoms in total. The van der Waals surface area contributed by atoms with E-state index in [1.807, 2.05) is 18.2 Å². The normalized spacial score (nSPS) is 20.1. The summed E-state index contributed by atoms with van der Waals surface area (Å²) in [5.41, 5.74) is 1.35. The van der Waals surface area contributed by atoms with Gasteiger partial charge in [0, 0.05) is 12.6 Å². The van der Waals surface area contributed by atoms with Gasteiger partial charge in [0.05, 0.1) is 0 Å². The van der Waals surface area contributed by atoms with Crippen LogP contribution in [0.2, 0.25) is 0 Å². The van der Waals surface area contributed by atoms with Crippen molar-refractivity contribution in [2.45, 2.75) is 115 Å². The van der Waals surface area contributed by atoms with Crippen LogP contribution >= 0.6 is 0 Å². The van der Waals surface area contributed by atoms with Gasteiger partial charge in [-0.3, -0.25) is 4.90 Å². The lowest BCUT2D eigenvalue weighted by Gasteiger charge is -2.33. The Bertz CT molecular complexity index is 857. The highest BCUT2D eigenvalue weighted by Crippen LogP contribution is 2.49. The molecule has 2 aromatic rings. The topological polar surface area (TPSA) is 3.24 Å². The molecule has 2 aliphatic carbocycles. The van der Waals surface area contributed by atoms with Crippen molar-refractivity contribution in [3.63, 3.8) is 0 Å². The average Bonchev–Trinajstić information content (AvgIpc) is 3.50. The van der Waals surface area contributed by atoms with Gasteiger partial charge in [-0.15, -0.1) is 0 Å². The van der Waals surface area contributed by atoms with E-state index in [1.165, 1.54) is 5.56 Å². The second-order valence-electron chi connectivity index (χ2n) is 10.7. The highest BCUT2D eigenvalue weighted by Gasteiger charge is 2.42. The molecule has 0 saturated heterocycles. The zero-order chi connectivity index (χ0) is 24.0. The lowest BCUT2D eigenvalue weighted by Crippen LogP contribution is -2.36. The first-order valence-corrected chi connectivity index (χ1v) is 13.8. The van der Waals surface area contributed by atoms with Crippen molar-refractivity contribution in [2.24, 2.45) is 0 Å². The Balaban J connectivity index is 1.62. The maximum atomic E-state index is 16.1. The number of nitrogens with zero attached hydrogens (tertiary/aromatic N) is 1. The van der Waals surface area contributed by atoms with E-state index in [-0.39, 0.29) is 0 Å². The van der Waals surface area contributed by atoms with Gasteiger partial charge in [-0.1, -0.05) is 62.4 Å². The summed E-state index contributed by atoms with van der Waals surface area (Å²) in [6.07, 6.45) is 9.89. The second kappa shape index (κ2) is 11.3. The molecule has 0 radical (unpaired) electrons. The Morgan fingerprint density at radius 3 is 1.85 bits per heavy atom. The molecule has 186 valence electrons. The molecule has 0 N–H and O–H groups in total. The quantitative estimate of drug-likeness (QED) is 0.319. The third kappa shape index (κ3) is 5.56. The fraction of sp³-hybridized carbons (Fsp3) is 0.613. The monoisotopic (exact) mass is 467 g/mol. The van der Waals surface area contributed by atoms with Crippen molar-refractivity contribution in [3.05, 3.63) is 70.8 Å². The standard InChI is InChI=1S/C31H43F2N/c1-3-23-34(24-25-13-6-5-7-14-25)26(4-2)17-18-27-28(30(32)19-8-9-20-30)15-12-16-29(27)31(33)21-10-11-22-31/h5-7,12-16,26H,3-4,8-11,17-24H2,1-2H3. The zero-order valence-electron chi connectivity index (χ0n) is 21.3. The van der Waals surface area contributed by atoms with Crippen LogP contribution < -0.4 is 0 Å². The SMILES string of the molecule is CCCN(Cc1ccccc1)C(CC)CCc1c(C2(F)CCCC2)cccc1C1(F)CCCC1. The summed E-state index contributed by atoms with van der Waals surface area (Å²) in [4.78, 5) is 2.58. The molecule has 34 heavy (non-hydrogen) atoms. The summed E-state index contributed by atoms with van der Waals surface area (Å²) in [6.45, 7) is 6.47. The van der Waals surface area contributed by atoms with Gasteiger partial charge in [0.2, 0.25) is 0 Å². The molecule has 1 unspecified atom stereocenters. The molecule has 2 aliphatic rings. The van der Waals surface area contributed by atoms with Crippen molar-refractivity contribution in [3.8, 4) is 0 Å². The van der Waals surface area contributed by atoms with Crippen LogP contribution in [0, 0.1) is 0 Å². The minimum atomic E-state index is -1.28. The van der Waals surface area contributed by atoms with Crippen molar-refractivity contribution in [2.75, 3.05) is 6.54 Å². The Labute approximate surface area is 206 Å². The van der Waals surface area contributed by atoms with Crippen molar-refractivity contribution in [1.82, 2.24) is 4.90 Å². The summed E-state index contributed by atoms with van der Waals surface area (Å²) in [5, 5.41) is 0. The number of benzene rings is 2. The van der Waals surface area contributed by atoms with Crippen molar-refractivity contribution < 1.29 is 8.78 Å². The summed E-state index contributed by atoms with van der Waals surface area (Å²) in [7, 11) is 0. The number of rotatable bonds is 11. The van der Waals surface area contributed by atoms with Crippen LogP contribution in [0.3, 0.4) is 0 Å². The first-order valence-electron chi connectivity index (χ1n) is 13.8. The first-order chi connectivity index (χ1) is 16.5. The fourth-order valence-corrected chi connectivity index (χ4v) is 6.56. The molecule has 2 aromatic carbocycles. The predicted octanol–water partition coefficient (Wildman–Crippen LogP) is 8.79. The van der Waals surface area contributed by atoms with Crippen LogP contribution in [0.25, 0.3) is 0 Å². The van der Waals surface area contributed by atoms with Crippen LogP contribution in [0.1, 0.15) is 107 Å². The molecule has 2 fully saturated rings. The maximum Gasteiger partial charge on any atom is 0.136 e. The third-order valence-corrected chi connectivity index (χ3v) is 8.39. The van der Waals surface area contributed by atoms with Crippen LogP contribution in [-0.4, -0.2) is 17.5 Å². The molecule has 0 aromatic heterocycles. The van der Waals surface area contributed by atoms with Gasteiger partial charge in [-0.05, 0) is 106 Å². The van der Waals surface area contributed by atoms with Gasteiger partial charge in [0.1, 0.15) is 11.3 Å². The van der Waals surface area contributed by atoms with E-state index < -0.39 is 11.3 Å². The Kier molecular flexibility index (Phi) is 8.45. The van der Waals surface area contributed by atoms with Gasteiger partial charge >= 0.3 is 0 Å². The van der Waals surface area contributed by atoms with E-state index in [1.54, 1.807) is 0 Å². The number of halogens is 2. The molecule has 0 heterocycles. The largest absolute Gasteiger partial charge is 0.296 e. The Morgan fingerprint density at radius 2 is 1.35 bits per heavy atom. The highest BCUT2D eigenvalue weighted by atomic mass is 19.1. The van der Waals surface area contributed by atoms with Crippen molar-refractivity contribution in [1.29, 1.82) is 0 Å².